The lowest BCUT2D eigenvalue weighted by Gasteiger charge is -2.10. The van der Waals surface area contributed by atoms with Gasteiger partial charge in [-0.05, 0) is 18.0 Å². The van der Waals surface area contributed by atoms with Crippen LogP contribution in [0.2, 0.25) is 0 Å². The Morgan fingerprint density at radius 3 is 3.00 bits per heavy atom. The zero-order valence-corrected chi connectivity index (χ0v) is 7.41. The monoisotopic (exact) mass is 168 g/mol. The minimum Gasteiger partial charge on any atom is -0.423 e. The molecule has 1 aliphatic rings. The molecule has 0 bridgehead atoms. The Morgan fingerprint density at radius 1 is 1.83 bits per heavy atom. The van der Waals surface area contributed by atoms with E-state index < -0.39 is 7.12 Å². The van der Waals surface area contributed by atoms with Crippen molar-refractivity contribution in [3.05, 3.63) is 23.7 Å². The van der Waals surface area contributed by atoms with Gasteiger partial charge in [0.2, 0.25) is 0 Å². The van der Waals surface area contributed by atoms with Crippen LogP contribution in [-0.2, 0) is 9.39 Å². The molecule has 0 amide bonds. The minimum atomic E-state index is -0.824. The van der Waals surface area contributed by atoms with Crippen LogP contribution >= 0.6 is 0 Å². The summed E-state index contributed by atoms with van der Waals surface area (Å²) in [6.07, 6.45) is 1.60. The summed E-state index contributed by atoms with van der Waals surface area (Å²) < 4.78 is 10.1. The number of ether oxygens (including phenoxy) is 1. The highest BCUT2D eigenvalue weighted by Crippen LogP contribution is 2.21. The van der Waals surface area contributed by atoms with Crippen LogP contribution in [0.15, 0.2) is 23.7 Å². The number of hydrogen-bond donors (Lipinski definition) is 1. The highest BCUT2D eigenvalue weighted by Gasteiger charge is 2.30. The summed E-state index contributed by atoms with van der Waals surface area (Å²) >= 11 is 0. The Labute approximate surface area is 72.8 Å². The van der Waals surface area contributed by atoms with Crippen LogP contribution in [0.25, 0.3) is 0 Å². The fourth-order valence-electron chi connectivity index (χ4n) is 1.23. The smallest absolute Gasteiger partial charge is 0.423 e. The van der Waals surface area contributed by atoms with Gasteiger partial charge in [0.25, 0.3) is 0 Å². The van der Waals surface area contributed by atoms with Crippen molar-refractivity contribution in [1.29, 1.82) is 0 Å². The summed E-state index contributed by atoms with van der Waals surface area (Å²) in [4.78, 5) is 0. The van der Waals surface area contributed by atoms with Gasteiger partial charge < -0.3 is 14.4 Å². The van der Waals surface area contributed by atoms with Crippen molar-refractivity contribution in [2.24, 2.45) is 0 Å². The summed E-state index contributed by atoms with van der Waals surface area (Å²) in [5, 5.41) is 9.30. The zero-order valence-electron chi connectivity index (χ0n) is 7.41. The molecule has 66 valence electrons. The average molecular weight is 168 g/mol. The van der Waals surface area contributed by atoms with Crippen LogP contribution < -0.4 is 0 Å². The lowest BCUT2D eigenvalue weighted by Crippen LogP contribution is -2.14. The molecule has 1 atom stereocenters. The predicted molar refractivity (Wildman–Crippen MR) is 47.6 cm³/mol. The van der Waals surface area contributed by atoms with E-state index in [1.165, 1.54) is 0 Å². The molecule has 0 saturated carbocycles. The molecule has 3 nitrogen and oxygen atoms in total. The molecule has 0 radical (unpaired) electrons. The number of allylic oxidation sites excluding steroid dienone is 2. The molecule has 1 N–H and O–H groups in total. The molecule has 1 heterocycles. The first kappa shape index (κ1) is 9.51. The standard InChI is InChI=1S/C8H13BO3/c1-4-8-7(6(2)11-3)5-12-9(8)10/h4,6,10H,1,5H2,2-3H3. The van der Waals surface area contributed by atoms with Gasteiger partial charge in [-0.3, -0.25) is 0 Å². The summed E-state index contributed by atoms with van der Waals surface area (Å²) in [6.45, 7) is 5.95. The van der Waals surface area contributed by atoms with Gasteiger partial charge in [0, 0.05) is 7.11 Å². The van der Waals surface area contributed by atoms with E-state index in [1.54, 1.807) is 13.2 Å². The Kier molecular flexibility index (Phi) is 3.09. The van der Waals surface area contributed by atoms with Crippen LogP contribution in [-0.4, -0.2) is 32.0 Å². The predicted octanol–water partition coefficient (Wildman–Crippen LogP) is 0.554. The topological polar surface area (TPSA) is 38.7 Å². The molecule has 4 heteroatoms. The van der Waals surface area contributed by atoms with Crippen LogP contribution in [0.5, 0.6) is 0 Å². The van der Waals surface area contributed by atoms with Crippen LogP contribution in [0.4, 0.5) is 0 Å². The van der Waals surface area contributed by atoms with Crippen molar-refractivity contribution >= 4 is 7.12 Å². The van der Waals surface area contributed by atoms with Crippen molar-refractivity contribution in [2.45, 2.75) is 13.0 Å². The third-order valence-electron chi connectivity index (χ3n) is 2.10. The summed E-state index contributed by atoms with van der Waals surface area (Å²) in [6, 6.07) is 0. The van der Waals surface area contributed by atoms with E-state index in [2.05, 4.69) is 6.58 Å². The van der Waals surface area contributed by atoms with Gasteiger partial charge in [-0.2, -0.15) is 0 Å². The number of rotatable bonds is 3. The molecule has 0 saturated heterocycles. The maximum Gasteiger partial charge on any atom is 0.491 e. The first-order valence-electron chi connectivity index (χ1n) is 3.88. The third-order valence-corrected chi connectivity index (χ3v) is 2.10. The summed E-state index contributed by atoms with van der Waals surface area (Å²) in [7, 11) is 0.804. The van der Waals surface area contributed by atoms with Crippen LogP contribution in [0.3, 0.4) is 0 Å². The Bertz CT molecular complexity index is 212. The van der Waals surface area contributed by atoms with Gasteiger partial charge in [0.1, 0.15) is 0 Å². The molecular weight excluding hydrogens is 155 g/mol. The number of hydrogen-bond acceptors (Lipinski definition) is 3. The average Bonchev–Trinajstić information content (AvgIpc) is 2.45. The van der Waals surface area contributed by atoms with Gasteiger partial charge >= 0.3 is 7.12 Å². The second kappa shape index (κ2) is 3.89. The van der Waals surface area contributed by atoms with E-state index in [0.717, 1.165) is 11.0 Å². The molecule has 1 rings (SSSR count). The molecule has 1 unspecified atom stereocenters. The quantitative estimate of drug-likeness (QED) is 0.625. The van der Waals surface area contributed by atoms with Crippen molar-refractivity contribution < 1.29 is 14.4 Å². The van der Waals surface area contributed by atoms with Gasteiger partial charge in [-0.15, -0.1) is 0 Å². The SMILES string of the molecule is C=CC1=C(C(C)OC)COB1O. The van der Waals surface area contributed by atoms with Crippen molar-refractivity contribution in [3.8, 4) is 0 Å². The molecule has 0 aromatic heterocycles. The first-order chi connectivity index (χ1) is 5.70. The fourth-order valence-corrected chi connectivity index (χ4v) is 1.23. The molecule has 0 fully saturated rings. The zero-order chi connectivity index (χ0) is 9.14. The fraction of sp³-hybridized carbons (Fsp3) is 0.500. The summed E-state index contributed by atoms with van der Waals surface area (Å²) in [5.74, 6) is 0. The maximum absolute atomic E-state index is 9.30. The molecule has 12 heavy (non-hydrogen) atoms. The Hall–Kier alpha value is -0.575. The summed E-state index contributed by atoms with van der Waals surface area (Å²) in [5.41, 5.74) is 1.71. The second-order valence-electron chi connectivity index (χ2n) is 2.73. The highest BCUT2D eigenvalue weighted by molar-refractivity contribution is 6.54. The highest BCUT2D eigenvalue weighted by atomic mass is 16.5. The Morgan fingerprint density at radius 2 is 2.50 bits per heavy atom. The van der Waals surface area contributed by atoms with E-state index in [-0.39, 0.29) is 6.10 Å². The first-order valence-corrected chi connectivity index (χ1v) is 3.88. The largest absolute Gasteiger partial charge is 0.491 e. The Balaban J connectivity index is 2.84. The van der Waals surface area contributed by atoms with Crippen LogP contribution in [0.1, 0.15) is 6.92 Å². The van der Waals surface area contributed by atoms with Crippen LogP contribution in [0, 0.1) is 0 Å². The third kappa shape index (κ3) is 1.60. The van der Waals surface area contributed by atoms with E-state index in [0.29, 0.717) is 6.61 Å². The second-order valence-corrected chi connectivity index (χ2v) is 2.73. The van der Waals surface area contributed by atoms with Crippen molar-refractivity contribution in [3.63, 3.8) is 0 Å². The van der Waals surface area contributed by atoms with Gasteiger partial charge in [0.05, 0.1) is 12.7 Å². The van der Waals surface area contributed by atoms with Gasteiger partial charge in [-0.25, -0.2) is 0 Å². The lowest BCUT2D eigenvalue weighted by molar-refractivity contribution is 0.138. The minimum absolute atomic E-state index is 0.0184. The normalized spacial score (nSPS) is 20.1. The molecule has 0 spiro atoms. The van der Waals surface area contributed by atoms with E-state index >= 15 is 0 Å². The van der Waals surface area contributed by atoms with Gasteiger partial charge in [0.15, 0.2) is 0 Å². The molecular formula is C8H13BO3. The van der Waals surface area contributed by atoms with Crippen molar-refractivity contribution in [2.75, 3.05) is 13.7 Å². The number of methoxy groups -OCH3 is 1. The molecule has 1 aliphatic heterocycles. The molecule has 0 aliphatic carbocycles. The maximum atomic E-state index is 9.30. The van der Waals surface area contributed by atoms with E-state index in [9.17, 15) is 5.02 Å². The van der Waals surface area contributed by atoms with E-state index in [1.807, 2.05) is 6.92 Å². The molecule has 0 aromatic carbocycles. The van der Waals surface area contributed by atoms with Gasteiger partial charge in [-0.1, -0.05) is 12.7 Å². The lowest BCUT2D eigenvalue weighted by atomic mass is 9.78. The van der Waals surface area contributed by atoms with E-state index in [4.69, 9.17) is 9.39 Å². The molecule has 0 aromatic rings. The van der Waals surface area contributed by atoms with Crippen molar-refractivity contribution in [1.82, 2.24) is 0 Å².